The molecule has 1 aromatic heterocycles. The molecular formula is C13H13BrClN3. The van der Waals surface area contributed by atoms with Crippen molar-refractivity contribution in [3.63, 3.8) is 0 Å². The van der Waals surface area contributed by atoms with E-state index >= 15 is 0 Å². The number of benzene rings is 1. The zero-order valence-corrected chi connectivity index (χ0v) is 12.7. The molecule has 0 unspecified atom stereocenters. The minimum Gasteiger partial charge on any atom is -0.372 e. The third kappa shape index (κ3) is 2.49. The predicted molar refractivity (Wildman–Crippen MR) is 79.2 cm³/mol. The number of hydrogen-bond acceptors (Lipinski definition) is 3. The van der Waals surface area contributed by atoms with Crippen molar-refractivity contribution in [3.05, 3.63) is 39.0 Å². The molecule has 18 heavy (non-hydrogen) atoms. The molecule has 0 atom stereocenters. The first-order valence-corrected chi connectivity index (χ1v) is 6.68. The molecule has 0 saturated heterocycles. The zero-order chi connectivity index (χ0) is 13.3. The second kappa shape index (κ2) is 5.24. The van der Waals surface area contributed by atoms with Crippen LogP contribution in [0.3, 0.4) is 0 Å². The van der Waals surface area contributed by atoms with Crippen LogP contribution in [0.25, 0.3) is 11.4 Å². The van der Waals surface area contributed by atoms with Crippen LogP contribution in [0.5, 0.6) is 0 Å². The van der Waals surface area contributed by atoms with Crippen LogP contribution in [-0.4, -0.2) is 17.0 Å². The van der Waals surface area contributed by atoms with Crippen molar-refractivity contribution >= 4 is 33.3 Å². The van der Waals surface area contributed by atoms with E-state index in [0.29, 0.717) is 5.82 Å². The molecule has 0 aliphatic carbocycles. The molecule has 0 amide bonds. The summed E-state index contributed by atoms with van der Waals surface area (Å²) in [7, 11) is 1.84. The van der Waals surface area contributed by atoms with Crippen molar-refractivity contribution in [1.82, 2.24) is 9.97 Å². The largest absolute Gasteiger partial charge is 0.372 e. The molecule has 2 rings (SSSR count). The maximum absolute atomic E-state index is 5.96. The maximum atomic E-state index is 5.96. The summed E-state index contributed by atoms with van der Waals surface area (Å²) in [6, 6.07) is 5.71. The van der Waals surface area contributed by atoms with Gasteiger partial charge in [0.2, 0.25) is 0 Å². The number of aryl methyl sites for hydroxylation is 2. The number of halogens is 2. The van der Waals surface area contributed by atoms with Crippen LogP contribution in [0.2, 0.25) is 5.02 Å². The fourth-order valence-electron chi connectivity index (χ4n) is 1.72. The van der Waals surface area contributed by atoms with Gasteiger partial charge in [-0.3, -0.25) is 0 Å². The van der Waals surface area contributed by atoms with Gasteiger partial charge in [0.15, 0.2) is 5.82 Å². The quantitative estimate of drug-likeness (QED) is 0.898. The Morgan fingerprint density at radius 1 is 1.22 bits per heavy atom. The summed E-state index contributed by atoms with van der Waals surface area (Å²) in [6.45, 7) is 3.95. The highest BCUT2D eigenvalue weighted by molar-refractivity contribution is 9.10. The Morgan fingerprint density at radius 2 is 1.94 bits per heavy atom. The van der Waals surface area contributed by atoms with E-state index in [9.17, 15) is 0 Å². The van der Waals surface area contributed by atoms with Gasteiger partial charge in [-0.15, -0.1) is 0 Å². The lowest BCUT2D eigenvalue weighted by Crippen LogP contribution is -2.01. The van der Waals surface area contributed by atoms with Crippen LogP contribution in [0, 0.1) is 13.8 Å². The van der Waals surface area contributed by atoms with E-state index in [0.717, 1.165) is 32.1 Å². The first-order chi connectivity index (χ1) is 8.52. The van der Waals surface area contributed by atoms with E-state index in [2.05, 4.69) is 31.2 Å². The normalized spacial score (nSPS) is 10.5. The second-order valence-corrected chi connectivity index (χ2v) is 5.23. The zero-order valence-electron chi connectivity index (χ0n) is 10.4. The smallest absolute Gasteiger partial charge is 0.162 e. The maximum Gasteiger partial charge on any atom is 0.162 e. The number of rotatable bonds is 2. The summed E-state index contributed by atoms with van der Waals surface area (Å²) in [6.07, 6.45) is 0. The molecule has 94 valence electrons. The minimum absolute atomic E-state index is 0.703. The molecule has 5 heteroatoms. The molecule has 0 radical (unpaired) electrons. The molecule has 0 spiro atoms. The third-order valence-corrected chi connectivity index (χ3v) is 3.87. The summed E-state index contributed by atoms with van der Waals surface area (Å²) in [5, 5.41) is 3.77. The Hall–Kier alpha value is -1.13. The molecule has 0 saturated carbocycles. The van der Waals surface area contributed by atoms with Crippen molar-refractivity contribution in [2.75, 3.05) is 12.4 Å². The topological polar surface area (TPSA) is 37.8 Å². The highest BCUT2D eigenvalue weighted by atomic mass is 79.9. The van der Waals surface area contributed by atoms with Crippen LogP contribution >= 0.6 is 27.5 Å². The van der Waals surface area contributed by atoms with E-state index in [4.69, 9.17) is 11.6 Å². The number of nitrogens with zero attached hydrogens (tertiary/aromatic N) is 2. The molecule has 2 aromatic rings. The highest BCUT2D eigenvalue weighted by Gasteiger charge is 2.11. The first-order valence-electron chi connectivity index (χ1n) is 5.51. The van der Waals surface area contributed by atoms with Crippen LogP contribution in [-0.2, 0) is 0 Å². The van der Waals surface area contributed by atoms with E-state index in [-0.39, 0.29) is 0 Å². The van der Waals surface area contributed by atoms with Crippen LogP contribution in [0.4, 0.5) is 5.82 Å². The van der Waals surface area contributed by atoms with E-state index in [1.165, 1.54) is 0 Å². The Balaban J connectivity index is 2.60. The van der Waals surface area contributed by atoms with Gasteiger partial charge in [0, 0.05) is 17.6 Å². The summed E-state index contributed by atoms with van der Waals surface area (Å²) < 4.78 is 0.889. The van der Waals surface area contributed by atoms with Crippen molar-refractivity contribution < 1.29 is 0 Å². The molecule has 0 aliphatic heterocycles. The number of hydrogen-bond donors (Lipinski definition) is 1. The SMILES string of the molecule is CNc1nc(-c2ccc(Cl)cc2C)nc(C)c1Br. The Bertz CT molecular complexity index is 599. The van der Waals surface area contributed by atoms with Crippen LogP contribution < -0.4 is 5.32 Å². The molecule has 0 fully saturated rings. The molecule has 1 aromatic carbocycles. The van der Waals surface area contributed by atoms with Crippen molar-refractivity contribution in [1.29, 1.82) is 0 Å². The van der Waals surface area contributed by atoms with Gasteiger partial charge in [0.05, 0.1) is 10.2 Å². The summed E-state index contributed by atoms with van der Waals surface area (Å²) in [5.74, 6) is 1.49. The number of nitrogens with one attached hydrogen (secondary N) is 1. The van der Waals surface area contributed by atoms with Crippen molar-refractivity contribution in [2.45, 2.75) is 13.8 Å². The molecule has 1 N–H and O–H groups in total. The Morgan fingerprint density at radius 3 is 2.56 bits per heavy atom. The van der Waals surface area contributed by atoms with Crippen molar-refractivity contribution in [2.24, 2.45) is 0 Å². The fraction of sp³-hybridized carbons (Fsp3) is 0.231. The average Bonchev–Trinajstić information content (AvgIpc) is 2.32. The number of anilines is 1. The summed E-state index contributed by atoms with van der Waals surface area (Å²) in [5.41, 5.74) is 2.96. The lowest BCUT2D eigenvalue weighted by atomic mass is 10.1. The van der Waals surface area contributed by atoms with Gasteiger partial charge < -0.3 is 5.32 Å². The van der Waals surface area contributed by atoms with Gasteiger partial charge in [-0.1, -0.05) is 11.6 Å². The van der Waals surface area contributed by atoms with E-state index in [1.807, 2.05) is 39.1 Å². The van der Waals surface area contributed by atoms with Crippen LogP contribution in [0.1, 0.15) is 11.3 Å². The van der Waals surface area contributed by atoms with E-state index in [1.54, 1.807) is 0 Å². The lowest BCUT2D eigenvalue weighted by Gasteiger charge is -2.10. The first kappa shape index (κ1) is 13.3. The van der Waals surface area contributed by atoms with Crippen LogP contribution in [0.15, 0.2) is 22.7 Å². The third-order valence-electron chi connectivity index (χ3n) is 2.68. The molecule has 0 bridgehead atoms. The Labute approximate surface area is 120 Å². The average molecular weight is 327 g/mol. The summed E-state index contributed by atoms with van der Waals surface area (Å²) >= 11 is 9.43. The second-order valence-electron chi connectivity index (χ2n) is 4.00. The molecular weight excluding hydrogens is 314 g/mol. The highest BCUT2D eigenvalue weighted by Crippen LogP contribution is 2.28. The fourth-order valence-corrected chi connectivity index (χ4v) is 2.33. The monoisotopic (exact) mass is 325 g/mol. The molecule has 1 heterocycles. The van der Waals surface area contributed by atoms with E-state index < -0.39 is 0 Å². The molecule has 0 aliphatic rings. The summed E-state index contributed by atoms with van der Waals surface area (Å²) in [4.78, 5) is 9.00. The minimum atomic E-state index is 0.703. The lowest BCUT2D eigenvalue weighted by molar-refractivity contribution is 1.09. The van der Waals surface area contributed by atoms with Gasteiger partial charge in [-0.2, -0.15) is 0 Å². The van der Waals surface area contributed by atoms with Gasteiger partial charge in [0.25, 0.3) is 0 Å². The van der Waals surface area contributed by atoms with Gasteiger partial charge in [-0.05, 0) is 53.5 Å². The number of aromatic nitrogens is 2. The van der Waals surface area contributed by atoms with Gasteiger partial charge in [-0.25, -0.2) is 9.97 Å². The Kier molecular flexibility index (Phi) is 3.88. The van der Waals surface area contributed by atoms with Gasteiger partial charge >= 0.3 is 0 Å². The molecule has 3 nitrogen and oxygen atoms in total. The van der Waals surface area contributed by atoms with Gasteiger partial charge in [0.1, 0.15) is 5.82 Å². The standard InChI is InChI=1S/C13H13BrClN3/c1-7-6-9(15)4-5-10(7)12-17-8(2)11(14)13(16-3)18-12/h4-6H,1-3H3,(H,16,17,18). The predicted octanol–water partition coefficient (Wildman–Crippen LogP) is 4.22. The van der Waals surface area contributed by atoms with Crippen molar-refractivity contribution in [3.8, 4) is 11.4 Å².